The first-order chi connectivity index (χ1) is 9.97. The minimum Gasteiger partial charge on any atom is -0.322 e. The minimum atomic E-state index is -0.0690. The lowest BCUT2D eigenvalue weighted by molar-refractivity contribution is 0.102. The Morgan fingerprint density at radius 3 is 2.57 bits per heavy atom. The number of aryl methyl sites for hydroxylation is 1. The number of benzene rings is 2. The van der Waals surface area contributed by atoms with Crippen molar-refractivity contribution in [1.29, 1.82) is 0 Å². The van der Waals surface area contributed by atoms with Crippen LogP contribution in [0.3, 0.4) is 0 Å². The number of nitrogens with one attached hydrogen (secondary N) is 1. The molecule has 0 unspecified atom stereocenters. The van der Waals surface area contributed by atoms with Gasteiger partial charge in [0.2, 0.25) is 0 Å². The molecule has 0 aliphatic heterocycles. The maximum Gasteiger partial charge on any atom is 0.256 e. The fraction of sp³-hybridized carbons (Fsp3) is 0.235. The van der Waals surface area contributed by atoms with E-state index in [0.717, 1.165) is 26.2 Å². The van der Waals surface area contributed by atoms with E-state index >= 15 is 0 Å². The van der Waals surface area contributed by atoms with E-state index in [1.165, 1.54) is 0 Å². The molecule has 4 heteroatoms. The first-order valence-electron chi connectivity index (χ1n) is 6.80. The van der Waals surface area contributed by atoms with Crippen LogP contribution in [0.2, 0.25) is 0 Å². The van der Waals surface area contributed by atoms with Gasteiger partial charge in [-0.05, 0) is 42.8 Å². The second-order valence-corrected chi connectivity index (χ2v) is 7.55. The van der Waals surface area contributed by atoms with Gasteiger partial charge in [-0.25, -0.2) is 0 Å². The van der Waals surface area contributed by atoms with E-state index in [4.69, 9.17) is 0 Å². The summed E-state index contributed by atoms with van der Waals surface area (Å²) in [5, 5.41) is 3.41. The molecule has 2 aromatic carbocycles. The molecule has 1 N–H and O–H groups in total. The average Bonchev–Trinajstić information content (AvgIpc) is 2.43. The monoisotopic (exact) mass is 363 g/mol. The predicted octanol–water partition coefficient (Wildman–Crippen LogP) is 5.51. The number of anilines is 1. The third-order valence-corrected chi connectivity index (χ3v) is 4.88. The lowest BCUT2D eigenvalue weighted by Gasteiger charge is -2.12. The van der Waals surface area contributed by atoms with Gasteiger partial charge < -0.3 is 5.32 Å². The summed E-state index contributed by atoms with van der Waals surface area (Å²) in [5.74, 6) is -0.0690. The van der Waals surface area contributed by atoms with Crippen LogP contribution in [0.25, 0.3) is 0 Å². The Kier molecular flexibility index (Phi) is 5.48. The highest BCUT2D eigenvalue weighted by Gasteiger charge is 2.13. The van der Waals surface area contributed by atoms with Gasteiger partial charge in [-0.15, -0.1) is 11.8 Å². The van der Waals surface area contributed by atoms with E-state index in [0.29, 0.717) is 5.25 Å². The number of hydrogen-bond donors (Lipinski definition) is 1. The smallest absolute Gasteiger partial charge is 0.256 e. The molecule has 2 nitrogen and oxygen atoms in total. The summed E-state index contributed by atoms with van der Waals surface area (Å²) in [6, 6.07) is 13.5. The third-order valence-electron chi connectivity index (χ3n) is 2.91. The van der Waals surface area contributed by atoms with Gasteiger partial charge in [0.05, 0.1) is 5.56 Å². The summed E-state index contributed by atoms with van der Waals surface area (Å²) < 4.78 is 1.04. The highest BCUT2D eigenvalue weighted by atomic mass is 79.9. The topological polar surface area (TPSA) is 29.1 Å². The zero-order valence-corrected chi connectivity index (χ0v) is 14.7. The van der Waals surface area contributed by atoms with Crippen molar-refractivity contribution in [3.63, 3.8) is 0 Å². The summed E-state index contributed by atoms with van der Waals surface area (Å²) in [7, 11) is 0. The number of amides is 1. The lowest BCUT2D eigenvalue weighted by Crippen LogP contribution is -2.13. The van der Waals surface area contributed by atoms with Crippen LogP contribution >= 0.6 is 27.7 Å². The molecule has 2 rings (SSSR count). The quantitative estimate of drug-likeness (QED) is 0.725. The van der Waals surface area contributed by atoms with E-state index in [1.807, 2.05) is 49.4 Å². The van der Waals surface area contributed by atoms with Crippen LogP contribution < -0.4 is 5.32 Å². The predicted molar refractivity (Wildman–Crippen MR) is 94.3 cm³/mol. The molecule has 0 radical (unpaired) electrons. The Balaban J connectivity index is 2.22. The van der Waals surface area contributed by atoms with E-state index < -0.39 is 0 Å². The van der Waals surface area contributed by atoms with Gasteiger partial charge in [0.1, 0.15) is 0 Å². The van der Waals surface area contributed by atoms with Crippen molar-refractivity contribution in [3.8, 4) is 0 Å². The first-order valence-corrected chi connectivity index (χ1v) is 8.48. The normalized spacial score (nSPS) is 10.7. The molecule has 0 saturated heterocycles. The first kappa shape index (κ1) is 16.1. The van der Waals surface area contributed by atoms with Crippen LogP contribution in [0.1, 0.15) is 29.8 Å². The van der Waals surface area contributed by atoms with Gasteiger partial charge >= 0.3 is 0 Å². The average molecular weight is 364 g/mol. The molecular formula is C17H18BrNOS. The van der Waals surface area contributed by atoms with Crippen molar-refractivity contribution in [3.05, 3.63) is 58.1 Å². The molecule has 0 aliphatic carbocycles. The van der Waals surface area contributed by atoms with E-state index in [1.54, 1.807) is 11.8 Å². The Hall–Kier alpha value is -1.26. The number of carbonyl (C=O) groups excluding carboxylic acids is 1. The second-order valence-electron chi connectivity index (χ2n) is 5.08. The molecule has 110 valence electrons. The molecule has 21 heavy (non-hydrogen) atoms. The highest BCUT2D eigenvalue weighted by Crippen LogP contribution is 2.27. The summed E-state index contributed by atoms with van der Waals surface area (Å²) in [6.45, 7) is 6.25. The zero-order chi connectivity index (χ0) is 15.4. The van der Waals surface area contributed by atoms with Crippen LogP contribution in [0.4, 0.5) is 5.69 Å². The van der Waals surface area contributed by atoms with Crippen molar-refractivity contribution < 1.29 is 4.79 Å². The molecular weight excluding hydrogens is 346 g/mol. The number of carbonyl (C=O) groups is 1. The lowest BCUT2D eigenvalue weighted by atomic mass is 10.2. The van der Waals surface area contributed by atoms with Crippen molar-refractivity contribution >= 4 is 39.3 Å². The van der Waals surface area contributed by atoms with Crippen LogP contribution in [-0.2, 0) is 0 Å². The molecule has 0 aliphatic rings. The van der Waals surface area contributed by atoms with Gasteiger partial charge in [0.25, 0.3) is 5.91 Å². The molecule has 0 bridgehead atoms. The molecule has 0 saturated carbocycles. The summed E-state index contributed by atoms with van der Waals surface area (Å²) in [4.78, 5) is 13.5. The molecule has 0 aromatic heterocycles. The Morgan fingerprint density at radius 2 is 1.90 bits per heavy atom. The zero-order valence-electron chi connectivity index (χ0n) is 12.3. The van der Waals surface area contributed by atoms with Crippen LogP contribution in [0.15, 0.2) is 51.8 Å². The van der Waals surface area contributed by atoms with Gasteiger partial charge in [0, 0.05) is 20.3 Å². The van der Waals surface area contributed by atoms with Gasteiger partial charge in [0.15, 0.2) is 0 Å². The van der Waals surface area contributed by atoms with E-state index in [2.05, 4.69) is 35.1 Å². The molecule has 0 spiro atoms. The number of halogens is 1. The fourth-order valence-corrected chi connectivity index (χ4v) is 3.13. The minimum absolute atomic E-state index is 0.0690. The molecule has 0 atom stereocenters. The number of thioether (sulfide) groups is 1. The van der Waals surface area contributed by atoms with Crippen LogP contribution in [0, 0.1) is 6.92 Å². The SMILES string of the molecule is Cc1cc(NC(=O)c2ccccc2SC(C)C)ccc1Br. The Morgan fingerprint density at radius 1 is 1.19 bits per heavy atom. The van der Waals surface area contributed by atoms with Crippen molar-refractivity contribution in [2.45, 2.75) is 30.9 Å². The van der Waals surface area contributed by atoms with Crippen LogP contribution in [0.5, 0.6) is 0 Å². The van der Waals surface area contributed by atoms with Crippen molar-refractivity contribution in [2.24, 2.45) is 0 Å². The molecule has 1 amide bonds. The van der Waals surface area contributed by atoms with Crippen LogP contribution in [-0.4, -0.2) is 11.2 Å². The van der Waals surface area contributed by atoms with Gasteiger partial charge in [-0.2, -0.15) is 0 Å². The maximum atomic E-state index is 12.5. The maximum absolute atomic E-state index is 12.5. The van der Waals surface area contributed by atoms with Gasteiger partial charge in [-0.1, -0.05) is 41.9 Å². The molecule has 2 aromatic rings. The standard InChI is InChI=1S/C17H18BrNOS/c1-11(2)21-16-7-5-4-6-14(16)17(20)19-13-8-9-15(18)12(3)10-13/h4-11H,1-3H3,(H,19,20). The van der Waals surface area contributed by atoms with E-state index in [9.17, 15) is 4.79 Å². The summed E-state index contributed by atoms with van der Waals surface area (Å²) in [5.41, 5.74) is 2.62. The third kappa shape index (κ3) is 4.35. The largest absolute Gasteiger partial charge is 0.322 e. The van der Waals surface area contributed by atoms with Gasteiger partial charge in [-0.3, -0.25) is 4.79 Å². The number of rotatable bonds is 4. The van der Waals surface area contributed by atoms with E-state index in [-0.39, 0.29) is 5.91 Å². The second kappa shape index (κ2) is 7.14. The fourth-order valence-electron chi connectivity index (χ4n) is 1.93. The van der Waals surface area contributed by atoms with Crippen molar-refractivity contribution in [1.82, 2.24) is 0 Å². The number of hydrogen-bond acceptors (Lipinski definition) is 2. The summed E-state index contributed by atoms with van der Waals surface area (Å²) in [6.07, 6.45) is 0. The Labute approximate surface area is 138 Å². The van der Waals surface area contributed by atoms with Crippen molar-refractivity contribution in [2.75, 3.05) is 5.32 Å². The molecule has 0 fully saturated rings. The summed E-state index contributed by atoms with van der Waals surface area (Å²) >= 11 is 5.16. The highest BCUT2D eigenvalue weighted by molar-refractivity contribution is 9.10. The molecule has 0 heterocycles. The Bertz CT molecular complexity index is 655.